The summed E-state index contributed by atoms with van der Waals surface area (Å²) in [6.07, 6.45) is 0.607. The van der Waals surface area contributed by atoms with Gasteiger partial charge >= 0.3 is 0 Å². The van der Waals surface area contributed by atoms with Crippen LogP contribution in [0.4, 0.5) is 23.2 Å². The fraction of sp³-hybridized carbons (Fsp3) is 0. The zero-order chi connectivity index (χ0) is 10.5. The Kier molecular flexibility index (Phi) is 1.67. The van der Waals surface area contributed by atoms with Gasteiger partial charge in [-0.15, -0.1) is 0 Å². The molecule has 0 atom stereocenters. The summed E-state index contributed by atoms with van der Waals surface area (Å²) in [5, 5.41) is 0. The fourth-order valence-electron chi connectivity index (χ4n) is 1.15. The normalized spacial score (nSPS) is 13.6. The first-order valence-electron chi connectivity index (χ1n) is 3.48. The van der Waals surface area contributed by atoms with Gasteiger partial charge in [0, 0.05) is 0 Å². The lowest BCUT2D eigenvalue weighted by molar-refractivity contribution is 0.106. The van der Waals surface area contributed by atoms with E-state index in [2.05, 4.69) is 4.99 Å². The number of fused-ring (bicyclic) bond motifs is 1. The molecule has 2 nitrogen and oxygen atoms in total. The van der Waals surface area contributed by atoms with Crippen LogP contribution in [0, 0.1) is 23.3 Å². The molecule has 0 saturated heterocycles. The molecule has 1 aromatic rings. The van der Waals surface area contributed by atoms with Crippen LogP contribution in [0.15, 0.2) is 4.99 Å². The van der Waals surface area contributed by atoms with Gasteiger partial charge in [-0.1, -0.05) is 0 Å². The summed E-state index contributed by atoms with van der Waals surface area (Å²) in [5.74, 6) is -8.30. The van der Waals surface area contributed by atoms with Crippen molar-refractivity contribution in [2.24, 2.45) is 4.99 Å². The first kappa shape index (κ1) is 8.86. The monoisotopic (exact) mass is 203 g/mol. The first-order chi connectivity index (χ1) is 6.54. The van der Waals surface area contributed by atoms with Crippen LogP contribution in [0.5, 0.6) is 0 Å². The summed E-state index contributed by atoms with van der Waals surface area (Å²) in [7, 11) is 0. The zero-order valence-electron chi connectivity index (χ0n) is 6.44. The summed E-state index contributed by atoms with van der Waals surface area (Å²) in [4.78, 5) is 14.0. The molecule has 1 heterocycles. The van der Waals surface area contributed by atoms with Crippen molar-refractivity contribution in [1.29, 1.82) is 0 Å². The number of Topliss-reactive ketones (excluding diaryl/α,β-unsaturated/α-hetero) is 1. The standard InChI is InChI=1S/C8HF4NO/c9-4-3-2(14)1-13-8(3)7(12)6(11)5(4)10/h1H. The van der Waals surface area contributed by atoms with Crippen LogP contribution in [0.25, 0.3) is 0 Å². The van der Waals surface area contributed by atoms with Crippen molar-refractivity contribution < 1.29 is 22.4 Å². The van der Waals surface area contributed by atoms with E-state index in [0.29, 0.717) is 6.21 Å². The highest BCUT2D eigenvalue weighted by atomic mass is 19.2. The number of aliphatic imine (C=N–C) groups is 1. The van der Waals surface area contributed by atoms with Crippen LogP contribution in [0.2, 0.25) is 0 Å². The van der Waals surface area contributed by atoms with Crippen LogP contribution in [-0.2, 0) is 0 Å². The molecular weight excluding hydrogens is 202 g/mol. The lowest BCUT2D eigenvalue weighted by Gasteiger charge is -2.02. The number of carbonyl (C=O) groups is 1. The molecule has 1 aromatic carbocycles. The van der Waals surface area contributed by atoms with E-state index in [0.717, 1.165) is 0 Å². The van der Waals surface area contributed by atoms with Crippen molar-refractivity contribution in [3.63, 3.8) is 0 Å². The second-order valence-electron chi connectivity index (χ2n) is 2.60. The second-order valence-corrected chi connectivity index (χ2v) is 2.60. The highest BCUT2D eigenvalue weighted by Gasteiger charge is 2.31. The van der Waals surface area contributed by atoms with Crippen molar-refractivity contribution in [2.75, 3.05) is 0 Å². The van der Waals surface area contributed by atoms with E-state index in [1.54, 1.807) is 0 Å². The van der Waals surface area contributed by atoms with Crippen molar-refractivity contribution in [2.45, 2.75) is 0 Å². The fourth-order valence-corrected chi connectivity index (χ4v) is 1.15. The van der Waals surface area contributed by atoms with Gasteiger partial charge in [0.15, 0.2) is 23.3 Å². The largest absolute Gasteiger partial charge is 0.287 e. The number of carbonyl (C=O) groups excluding carboxylic acids is 1. The zero-order valence-corrected chi connectivity index (χ0v) is 6.44. The highest BCUT2D eigenvalue weighted by molar-refractivity contribution is 6.40. The molecule has 2 rings (SSSR count). The van der Waals surface area contributed by atoms with Crippen LogP contribution in [0.1, 0.15) is 10.4 Å². The topological polar surface area (TPSA) is 29.4 Å². The van der Waals surface area contributed by atoms with E-state index in [-0.39, 0.29) is 0 Å². The molecule has 0 amide bonds. The van der Waals surface area contributed by atoms with Crippen molar-refractivity contribution in [1.82, 2.24) is 0 Å². The molecule has 0 fully saturated rings. The van der Waals surface area contributed by atoms with Crippen molar-refractivity contribution in [3.05, 3.63) is 28.8 Å². The Labute approximate surface area is 74.9 Å². The van der Waals surface area contributed by atoms with E-state index < -0.39 is 40.3 Å². The Bertz CT molecular complexity index is 481. The van der Waals surface area contributed by atoms with Crippen LogP contribution < -0.4 is 0 Å². The molecule has 1 aliphatic heterocycles. The number of halogens is 4. The molecule has 0 aromatic heterocycles. The second kappa shape index (κ2) is 2.63. The van der Waals surface area contributed by atoms with Gasteiger partial charge in [-0.05, 0) is 0 Å². The molecule has 0 aliphatic carbocycles. The Morgan fingerprint density at radius 3 is 2.14 bits per heavy atom. The van der Waals surface area contributed by atoms with Crippen molar-refractivity contribution >= 4 is 17.7 Å². The summed E-state index contributed by atoms with van der Waals surface area (Å²) >= 11 is 0. The maximum Gasteiger partial charge on any atom is 0.209 e. The molecule has 0 radical (unpaired) electrons. The van der Waals surface area contributed by atoms with E-state index in [9.17, 15) is 22.4 Å². The number of hydrogen-bond donors (Lipinski definition) is 0. The minimum absolute atomic E-state index is 0.607. The lowest BCUT2D eigenvalue weighted by Crippen LogP contribution is -2.05. The van der Waals surface area contributed by atoms with Gasteiger partial charge in [0.05, 0.1) is 11.8 Å². The number of ketones is 1. The Morgan fingerprint density at radius 1 is 0.929 bits per heavy atom. The summed E-state index contributed by atoms with van der Waals surface area (Å²) in [6.45, 7) is 0. The summed E-state index contributed by atoms with van der Waals surface area (Å²) in [5.41, 5.74) is -1.65. The van der Waals surface area contributed by atoms with Gasteiger partial charge in [-0.3, -0.25) is 4.79 Å². The third kappa shape index (κ3) is 0.905. The average Bonchev–Trinajstić information content (AvgIpc) is 2.54. The molecule has 6 heteroatoms. The van der Waals surface area contributed by atoms with Crippen LogP contribution >= 0.6 is 0 Å². The SMILES string of the molecule is O=C1C=Nc2c(F)c(F)c(F)c(F)c21. The Balaban J connectivity index is 2.89. The maximum atomic E-state index is 12.9. The third-order valence-corrected chi connectivity index (χ3v) is 1.80. The molecule has 72 valence electrons. The molecule has 14 heavy (non-hydrogen) atoms. The highest BCUT2D eigenvalue weighted by Crippen LogP contribution is 2.33. The van der Waals surface area contributed by atoms with Gasteiger partial charge < -0.3 is 0 Å². The molecule has 0 N–H and O–H groups in total. The molecule has 1 aliphatic rings. The molecular formula is C8HF4NO. The number of rotatable bonds is 0. The van der Waals surface area contributed by atoms with Gasteiger partial charge in [0.1, 0.15) is 5.69 Å². The van der Waals surface area contributed by atoms with Gasteiger partial charge in [-0.2, -0.15) is 0 Å². The number of hydrogen-bond acceptors (Lipinski definition) is 2. The predicted molar refractivity (Wildman–Crippen MR) is 38.8 cm³/mol. The van der Waals surface area contributed by atoms with Crippen molar-refractivity contribution in [3.8, 4) is 0 Å². The predicted octanol–water partition coefficient (Wildman–Crippen LogP) is 2.14. The van der Waals surface area contributed by atoms with Gasteiger partial charge in [-0.25, -0.2) is 22.6 Å². The molecule has 0 spiro atoms. The lowest BCUT2D eigenvalue weighted by atomic mass is 10.1. The summed E-state index contributed by atoms with van der Waals surface area (Å²) < 4.78 is 51.0. The van der Waals surface area contributed by atoms with E-state index >= 15 is 0 Å². The van der Waals surface area contributed by atoms with E-state index in [4.69, 9.17) is 0 Å². The Hall–Kier alpha value is -1.72. The minimum atomic E-state index is -2.00. The van der Waals surface area contributed by atoms with Crippen LogP contribution in [0.3, 0.4) is 0 Å². The third-order valence-electron chi connectivity index (χ3n) is 1.80. The van der Waals surface area contributed by atoms with E-state index in [1.807, 2.05) is 0 Å². The summed E-state index contributed by atoms with van der Waals surface area (Å²) in [6, 6.07) is 0. The van der Waals surface area contributed by atoms with Gasteiger partial charge in [0.25, 0.3) is 0 Å². The molecule has 0 unspecified atom stereocenters. The quantitative estimate of drug-likeness (QED) is 0.361. The van der Waals surface area contributed by atoms with Crippen LogP contribution in [-0.4, -0.2) is 12.0 Å². The molecule has 0 saturated carbocycles. The smallest absolute Gasteiger partial charge is 0.209 e. The maximum absolute atomic E-state index is 12.9. The Morgan fingerprint density at radius 2 is 1.50 bits per heavy atom. The average molecular weight is 203 g/mol. The van der Waals surface area contributed by atoms with E-state index in [1.165, 1.54) is 0 Å². The number of benzene rings is 1. The minimum Gasteiger partial charge on any atom is -0.287 e. The first-order valence-corrected chi connectivity index (χ1v) is 3.48. The van der Waals surface area contributed by atoms with Gasteiger partial charge in [0.2, 0.25) is 5.78 Å². The molecule has 0 bridgehead atoms. The number of nitrogens with zero attached hydrogens (tertiary/aromatic N) is 1.